The standard InChI is InChI=1S/C8H11N3O/c1-2-10-11-8(12)7-5-3-4-6-9-7/h3-6,10H,2H2,1H3,(H,11,12). The minimum Gasteiger partial charge on any atom is -0.286 e. The zero-order chi connectivity index (χ0) is 8.81. The van der Waals surface area contributed by atoms with Crippen molar-refractivity contribution in [3.05, 3.63) is 30.1 Å². The van der Waals surface area contributed by atoms with Gasteiger partial charge in [-0.1, -0.05) is 13.0 Å². The van der Waals surface area contributed by atoms with E-state index in [2.05, 4.69) is 15.8 Å². The summed E-state index contributed by atoms with van der Waals surface area (Å²) in [6.45, 7) is 2.59. The fourth-order valence-corrected chi connectivity index (χ4v) is 0.730. The van der Waals surface area contributed by atoms with Crippen LogP contribution in [0.15, 0.2) is 24.4 Å². The highest BCUT2D eigenvalue weighted by atomic mass is 16.2. The number of aromatic nitrogens is 1. The van der Waals surface area contributed by atoms with Crippen LogP contribution < -0.4 is 10.9 Å². The Kier molecular flexibility index (Phi) is 3.22. The summed E-state index contributed by atoms with van der Waals surface area (Å²) in [5.74, 6) is -0.211. The Bertz CT molecular complexity index is 248. The summed E-state index contributed by atoms with van der Waals surface area (Å²) in [6.07, 6.45) is 1.58. The summed E-state index contributed by atoms with van der Waals surface area (Å²) in [5, 5.41) is 0. The van der Waals surface area contributed by atoms with Crippen molar-refractivity contribution < 1.29 is 4.79 Å². The predicted molar refractivity (Wildman–Crippen MR) is 45.4 cm³/mol. The Labute approximate surface area is 71.0 Å². The average Bonchev–Trinajstić information content (AvgIpc) is 2.15. The van der Waals surface area contributed by atoms with Crippen molar-refractivity contribution in [2.24, 2.45) is 0 Å². The Hall–Kier alpha value is -1.42. The van der Waals surface area contributed by atoms with Crippen LogP contribution in [0.2, 0.25) is 0 Å². The normalized spacial score (nSPS) is 9.42. The summed E-state index contributed by atoms with van der Waals surface area (Å²) in [7, 11) is 0. The number of hydrogen-bond donors (Lipinski definition) is 2. The van der Waals surface area contributed by atoms with E-state index in [0.717, 1.165) is 0 Å². The lowest BCUT2D eigenvalue weighted by Gasteiger charge is -2.02. The van der Waals surface area contributed by atoms with Crippen LogP contribution in [0.4, 0.5) is 0 Å². The molecule has 2 N–H and O–H groups in total. The summed E-state index contributed by atoms with van der Waals surface area (Å²) >= 11 is 0. The second-order valence-corrected chi connectivity index (χ2v) is 2.20. The van der Waals surface area contributed by atoms with Crippen LogP contribution in [0, 0.1) is 0 Å². The van der Waals surface area contributed by atoms with Crippen LogP contribution in [-0.4, -0.2) is 17.4 Å². The highest BCUT2D eigenvalue weighted by Gasteiger charge is 2.02. The topological polar surface area (TPSA) is 54.0 Å². The molecule has 1 heterocycles. The first-order chi connectivity index (χ1) is 5.84. The number of amides is 1. The molecule has 0 aliphatic carbocycles. The third-order valence-electron chi connectivity index (χ3n) is 1.28. The lowest BCUT2D eigenvalue weighted by atomic mass is 10.3. The SMILES string of the molecule is CCNNC(=O)c1ccccn1. The third kappa shape index (κ3) is 2.32. The van der Waals surface area contributed by atoms with E-state index < -0.39 is 0 Å². The number of nitrogens with zero attached hydrogens (tertiary/aromatic N) is 1. The van der Waals surface area contributed by atoms with E-state index in [0.29, 0.717) is 12.2 Å². The first-order valence-corrected chi connectivity index (χ1v) is 3.79. The van der Waals surface area contributed by atoms with Gasteiger partial charge in [-0.05, 0) is 12.1 Å². The zero-order valence-corrected chi connectivity index (χ0v) is 6.87. The minimum atomic E-state index is -0.211. The van der Waals surface area contributed by atoms with Crippen molar-refractivity contribution in [2.45, 2.75) is 6.92 Å². The molecule has 0 saturated heterocycles. The maximum atomic E-state index is 11.2. The third-order valence-corrected chi connectivity index (χ3v) is 1.28. The molecule has 0 atom stereocenters. The van der Waals surface area contributed by atoms with E-state index in [-0.39, 0.29) is 5.91 Å². The fourth-order valence-electron chi connectivity index (χ4n) is 0.730. The van der Waals surface area contributed by atoms with E-state index in [1.54, 1.807) is 24.4 Å². The molecule has 64 valence electrons. The summed E-state index contributed by atoms with van der Waals surface area (Å²) < 4.78 is 0. The molecular formula is C8H11N3O. The molecule has 0 fully saturated rings. The number of hydrogen-bond acceptors (Lipinski definition) is 3. The number of carbonyl (C=O) groups excluding carboxylic acids is 1. The maximum absolute atomic E-state index is 11.2. The van der Waals surface area contributed by atoms with Crippen molar-refractivity contribution in [1.82, 2.24) is 15.8 Å². The highest BCUT2D eigenvalue weighted by molar-refractivity contribution is 5.91. The molecule has 0 bridgehead atoms. The molecule has 4 nitrogen and oxygen atoms in total. The lowest BCUT2D eigenvalue weighted by Crippen LogP contribution is -2.37. The van der Waals surface area contributed by atoms with Crippen LogP contribution in [0.1, 0.15) is 17.4 Å². The molecule has 1 aromatic rings. The highest BCUT2D eigenvalue weighted by Crippen LogP contribution is 1.90. The van der Waals surface area contributed by atoms with E-state index >= 15 is 0 Å². The van der Waals surface area contributed by atoms with Crippen LogP contribution in [0.3, 0.4) is 0 Å². The van der Waals surface area contributed by atoms with Gasteiger partial charge in [-0.3, -0.25) is 15.2 Å². The fraction of sp³-hybridized carbons (Fsp3) is 0.250. The Balaban J connectivity index is 2.54. The van der Waals surface area contributed by atoms with Crippen LogP contribution in [0.5, 0.6) is 0 Å². The van der Waals surface area contributed by atoms with Crippen LogP contribution in [-0.2, 0) is 0 Å². The molecule has 0 saturated carbocycles. The second-order valence-electron chi connectivity index (χ2n) is 2.20. The van der Waals surface area contributed by atoms with Gasteiger partial charge in [-0.15, -0.1) is 0 Å². The van der Waals surface area contributed by atoms with Gasteiger partial charge in [0.1, 0.15) is 5.69 Å². The molecule has 12 heavy (non-hydrogen) atoms. The molecular weight excluding hydrogens is 154 g/mol. The summed E-state index contributed by atoms with van der Waals surface area (Å²) in [6, 6.07) is 5.20. The van der Waals surface area contributed by atoms with Gasteiger partial charge in [0.2, 0.25) is 0 Å². The van der Waals surface area contributed by atoms with Gasteiger partial charge in [0.25, 0.3) is 5.91 Å². The Morgan fingerprint density at radius 1 is 1.58 bits per heavy atom. The lowest BCUT2D eigenvalue weighted by molar-refractivity contribution is 0.0929. The number of carbonyl (C=O) groups is 1. The average molecular weight is 165 g/mol. The van der Waals surface area contributed by atoms with Crippen molar-refractivity contribution >= 4 is 5.91 Å². The number of hydrazine groups is 1. The first kappa shape index (κ1) is 8.67. The molecule has 1 aromatic heterocycles. The van der Waals surface area contributed by atoms with Crippen molar-refractivity contribution in [3.63, 3.8) is 0 Å². The predicted octanol–water partition coefficient (Wildman–Crippen LogP) is 0.336. The van der Waals surface area contributed by atoms with Gasteiger partial charge in [-0.2, -0.15) is 0 Å². The molecule has 0 unspecified atom stereocenters. The molecule has 0 spiro atoms. The van der Waals surface area contributed by atoms with Gasteiger partial charge < -0.3 is 0 Å². The monoisotopic (exact) mass is 165 g/mol. The summed E-state index contributed by atoms with van der Waals surface area (Å²) in [4.78, 5) is 15.0. The van der Waals surface area contributed by atoms with Gasteiger partial charge >= 0.3 is 0 Å². The Morgan fingerprint density at radius 3 is 3.00 bits per heavy atom. The van der Waals surface area contributed by atoms with E-state index in [4.69, 9.17) is 0 Å². The van der Waals surface area contributed by atoms with Crippen molar-refractivity contribution in [2.75, 3.05) is 6.54 Å². The Morgan fingerprint density at radius 2 is 2.42 bits per heavy atom. The molecule has 1 amide bonds. The quantitative estimate of drug-likeness (QED) is 0.635. The zero-order valence-electron chi connectivity index (χ0n) is 6.87. The largest absolute Gasteiger partial charge is 0.286 e. The molecule has 4 heteroatoms. The molecule has 0 radical (unpaired) electrons. The number of nitrogens with one attached hydrogen (secondary N) is 2. The van der Waals surface area contributed by atoms with E-state index in [9.17, 15) is 4.79 Å². The maximum Gasteiger partial charge on any atom is 0.283 e. The smallest absolute Gasteiger partial charge is 0.283 e. The second kappa shape index (κ2) is 4.46. The van der Waals surface area contributed by atoms with Crippen LogP contribution in [0.25, 0.3) is 0 Å². The molecule has 0 aromatic carbocycles. The van der Waals surface area contributed by atoms with Gasteiger partial charge in [-0.25, -0.2) is 5.43 Å². The minimum absolute atomic E-state index is 0.211. The molecule has 1 rings (SSSR count). The van der Waals surface area contributed by atoms with E-state index in [1.807, 2.05) is 6.92 Å². The first-order valence-electron chi connectivity index (χ1n) is 3.79. The van der Waals surface area contributed by atoms with Crippen molar-refractivity contribution in [1.29, 1.82) is 0 Å². The van der Waals surface area contributed by atoms with Gasteiger partial charge in [0.05, 0.1) is 0 Å². The number of pyridine rings is 1. The summed E-state index contributed by atoms with van der Waals surface area (Å²) in [5.41, 5.74) is 5.62. The molecule has 0 aliphatic rings. The number of rotatable bonds is 3. The van der Waals surface area contributed by atoms with Gasteiger partial charge in [0, 0.05) is 12.7 Å². The van der Waals surface area contributed by atoms with Crippen molar-refractivity contribution in [3.8, 4) is 0 Å². The molecule has 0 aliphatic heterocycles. The van der Waals surface area contributed by atoms with Crippen LogP contribution >= 0.6 is 0 Å². The van der Waals surface area contributed by atoms with Gasteiger partial charge in [0.15, 0.2) is 0 Å². The van der Waals surface area contributed by atoms with E-state index in [1.165, 1.54) is 0 Å².